The quantitative estimate of drug-likeness (QED) is 0.0157. The molecule has 32 nitrogen and oxygen atoms in total. The summed E-state index contributed by atoms with van der Waals surface area (Å²) in [6.45, 7) is 8.81. The Morgan fingerprint density at radius 2 is 1.04 bits per heavy atom. The van der Waals surface area contributed by atoms with Crippen molar-refractivity contribution in [2.24, 2.45) is 40.7 Å². The fraction of sp³-hybridized carbons (Fsp3) is 0.688. The first-order valence-corrected chi connectivity index (χ1v) is 26.2. The Kier molecular flexibility index (Phi) is 30.8. The predicted octanol–water partition coefficient (Wildman–Crippen LogP) is -7.06. The molecule has 0 bridgehead atoms. The molecule has 32 heteroatoms. The van der Waals surface area contributed by atoms with E-state index in [0.717, 1.165) is 0 Å². The molecule has 1 aliphatic rings. The zero-order chi connectivity index (χ0) is 61.0. The first-order valence-electron chi connectivity index (χ1n) is 26.2. The van der Waals surface area contributed by atoms with Crippen molar-refractivity contribution in [3.8, 4) is 0 Å². The number of carbonyl (C=O) groups excluding carboxylic acids is 13. The van der Waals surface area contributed by atoms with Crippen molar-refractivity contribution in [1.29, 1.82) is 5.41 Å². The van der Waals surface area contributed by atoms with Gasteiger partial charge in [0.15, 0.2) is 5.96 Å². The van der Waals surface area contributed by atoms with Gasteiger partial charge in [0.1, 0.15) is 48.3 Å². The first-order chi connectivity index (χ1) is 37.4. The Balaban J connectivity index is 3.05. The lowest BCUT2D eigenvalue weighted by Crippen LogP contribution is -2.58. The van der Waals surface area contributed by atoms with Gasteiger partial charge in [0.25, 0.3) is 0 Å². The second-order valence-corrected chi connectivity index (χ2v) is 19.9. The van der Waals surface area contributed by atoms with Crippen molar-refractivity contribution in [3.63, 3.8) is 0 Å². The molecule has 9 atom stereocenters. The molecule has 1 heterocycles. The third-order valence-corrected chi connectivity index (χ3v) is 12.6. The molecule has 1 saturated heterocycles. The van der Waals surface area contributed by atoms with E-state index >= 15 is 0 Å². The van der Waals surface area contributed by atoms with Crippen molar-refractivity contribution < 1.29 is 72.2 Å². The predicted molar refractivity (Wildman–Crippen MR) is 285 cm³/mol. The molecule has 21 N–H and O–H groups in total. The van der Waals surface area contributed by atoms with Crippen LogP contribution in [0.3, 0.4) is 0 Å². The Labute approximate surface area is 463 Å². The summed E-state index contributed by atoms with van der Waals surface area (Å²) < 4.78 is 0. The summed E-state index contributed by atoms with van der Waals surface area (Å²) in [5.41, 5.74) is 21.4. The zero-order valence-corrected chi connectivity index (χ0v) is 46.4. The fourth-order valence-electron chi connectivity index (χ4n) is 7.86. The number of aliphatic carboxylic acids is 1. The van der Waals surface area contributed by atoms with Crippen molar-refractivity contribution in [3.05, 3.63) is 0 Å². The van der Waals surface area contributed by atoms with Crippen LogP contribution in [-0.2, 0) is 67.1 Å². The summed E-state index contributed by atoms with van der Waals surface area (Å²) in [7, 11) is 0. The van der Waals surface area contributed by atoms with E-state index in [0.29, 0.717) is 19.3 Å². The molecule has 0 spiro atoms. The van der Waals surface area contributed by atoms with Crippen LogP contribution in [0, 0.1) is 23.2 Å². The Morgan fingerprint density at radius 3 is 1.51 bits per heavy atom. The van der Waals surface area contributed by atoms with Gasteiger partial charge in [0.2, 0.25) is 76.8 Å². The first kappa shape index (κ1) is 69.8. The maximum absolute atomic E-state index is 13.7. The summed E-state index contributed by atoms with van der Waals surface area (Å²) in [6, 6.07) is -10.3. The number of hydrogen-bond donors (Lipinski definition) is 17. The number of nitrogens with zero attached hydrogens (tertiary/aromatic N) is 1. The monoisotopic (exact) mass is 1140 g/mol. The minimum Gasteiger partial charge on any atom is -0.480 e. The Bertz CT molecular complexity index is 2250. The molecule has 0 aromatic carbocycles. The van der Waals surface area contributed by atoms with Crippen LogP contribution >= 0.6 is 0 Å². The zero-order valence-electron chi connectivity index (χ0n) is 46.4. The molecule has 0 aliphatic carbocycles. The van der Waals surface area contributed by atoms with E-state index in [9.17, 15) is 72.2 Å². The highest BCUT2D eigenvalue weighted by atomic mass is 16.4. The van der Waals surface area contributed by atoms with Gasteiger partial charge in [-0.15, -0.1) is 0 Å². The smallest absolute Gasteiger partial charge is 0.326 e. The highest BCUT2D eigenvalue weighted by molar-refractivity contribution is 5.98. The van der Waals surface area contributed by atoms with Crippen LogP contribution in [0.15, 0.2) is 0 Å². The number of carboxylic acids is 1. The molecule has 1 aliphatic heterocycles. The van der Waals surface area contributed by atoms with Crippen LogP contribution in [0.1, 0.15) is 106 Å². The van der Waals surface area contributed by atoms with Gasteiger partial charge in [-0.3, -0.25) is 67.7 Å². The number of rotatable bonds is 36. The Hall–Kier alpha value is -8.19. The van der Waals surface area contributed by atoms with E-state index in [4.69, 9.17) is 28.3 Å². The van der Waals surface area contributed by atoms with Crippen molar-refractivity contribution in [1.82, 2.24) is 63.4 Å². The third-order valence-electron chi connectivity index (χ3n) is 12.6. The van der Waals surface area contributed by atoms with Crippen LogP contribution in [0.25, 0.3) is 0 Å². The minimum absolute atomic E-state index is 0.0651. The number of carbonyl (C=O) groups is 14. The van der Waals surface area contributed by atoms with Crippen LogP contribution in [0.5, 0.6) is 0 Å². The van der Waals surface area contributed by atoms with Crippen LogP contribution in [0.4, 0.5) is 0 Å². The molecule has 13 amide bonds. The number of amides is 13. The topological polar surface area (TPSA) is 523 Å². The summed E-state index contributed by atoms with van der Waals surface area (Å²) >= 11 is 0. The molecule has 1 fully saturated rings. The summed E-state index contributed by atoms with van der Waals surface area (Å²) in [6.07, 6.45) is -0.218. The normalized spacial score (nSPS) is 15.8. The van der Waals surface area contributed by atoms with Crippen LogP contribution < -0.4 is 81.4 Å². The molecule has 450 valence electrons. The highest BCUT2D eigenvalue weighted by Gasteiger charge is 2.37. The van der Waals surface area contributed by atoms with Crippen molar-refractivity contribution >= 4 is 88.7 Å². The van der Waals surface area contributed by atoms with E-state index in [1.807, 2.05) is 0 Å². The van der Waals surface area contributed by atoms with E-state index in [1.165, 1.54) is 11.8 Å². The van der Waals surface area contributed by atoms with Gasteiger partial charge in [-0.05, 0) is 63.2 Å². The summed E-state index contributed by atoms with van der Waals surface area (Å²) in [5.74, 6) is -13.9. The van der Waals surface area contributed by atoms with Crippen molar-refractivity contribution in [2.75, 3.05) is 39.3 Å². The second kappa shape index (κ2) is 35.3. The number of nitrogens with one attached hydrogen (secondary N) is 12. The van der Waals surface area contributed by atoms with E-state index < -0.39 is 175 Å². The molecular weight excluding hydrogens is 1050 g/mol. The maximum Gasteiger partial charge on any atom is 0.326 e. The van der Waals surface area contributed by atoms with Gasteiger partial charge in [-0.2, -0.15) is 0 Å². The lowest BCUT2D eigenvalue weighted by atomic mass is 9.98. The number of nitrogens with two attached hydrogens (primary N) is 4. The molecule has 0 radical (unpaired) electrons. The number of primary amides is 2. The molecule has 0 saturated carbocycles. The number of hydrogen-bond acceptors (Lipinski definition) is 16. The molecule has 1 rings (SSSR count). The molecule has 0 aromatic rings. The second-order valence-electron chi connectivity index (χ2n) is 19.9. The maximum atomic E-state index is 13.7. The SMILES string of the molecule is CC[C@H](C)[C@H](NC(=O)CNC(=O)[C@H](CCC(N)=O)NC(=O)[C@@H]1CCCN1C(=O)CN)C(=O)N[C@@H](C)C(=O)NCC(=O)N[C@@H](CCC(N)=O)C(=O)N[C@@H](CCCNC(=N)N)C(=O)NCC(=O)N[C@H](C(=O)N[C@H](C(=O)O)C(C)C)C(C)C. The molecular formula is C48H83N17O15. The van der Waals surface area contributed by atoms with E-state index in [-0.39, 0.29) is 57.7 Å². The number of likely N-dealkylation sites (tertiary alicyclic amines) is 1. The standard InChI is InChI=1S/C48H83N17O15/c1-8-25(6)39(63-35(70)22-57-42(74)28(13-15-31(50)66)61-44(76)30-12-10-18-65(30)36(71)19-49)46(78)58-26(7)40(72)55-20-33(68)59-29(14-16-32(51)67)43(75)60-27(11-9-17-54-48(52)53)41(73)56-21-34(69)62-37(23(2)3)45(77)64-38(24(4)5)47(79)80/h23-30,37-39H,8-22,49H2,1-7H3,(H2,50,66)(H2,51,67)(H,55,72)(H,56,73)(H,57,74)(H,58,78)(H,59,68)(H,60,75)(H,61,76)(H,62,69)(H,63,70)(H,64,77)(H,79,80)(H4,52,53,54)/t25-,26-,27-,28-,29-,30-,37-,38-,39-/m0/s1. The average molecular weight is 1140 g/mol. The minimum atomic E-state index is -1.54. The van der Waals surface area contributed by atoms with Crippen LogP contribution in [-0.4, -0.2) is 186 Å². The third kappa shape index (κ3) is 25.5. The lowest BCUT2D eigenvalue weighted by Gasteiger charge is -2.26. The highest BCUT2D eigenvalue weighted by Crippen LogP contribution is 2.18. The van der Waals surface area contributed by atoms with Gasteiger partial charge in [0, 0.05) is 25.9 Å². The summed E-state index contributed by atoms with van der Waals surface area (Å²) in [4.78, 5) is 181. The summed E-state index contributed by atoms with van der Waals surface area (Å²) in [5, 5.41) is 43.6. The molecule has 0 aromatic heterocycles. The number of guanidine groups is 1. The number of carboxylic acid groups (broad SMARTS) is 1. The van der Waals surface area contributed by atoms with E-state index in [1.54, 1.807) is 41.5 Å². The lowest BCUT2D eigenvalue weighted by molar-refractivity contribution is -0.143. The Morgan fingerprint density at radius 1 is 0.562 bits per heavy atom. The van der Waals surface area contributed by atoms with Crippen LogP contribution in [0.2, 0.25) is 0 Å². The van der Waals surface area contributed by atoms with Gasteiger partial charge in [-0.25, -0.2) is 4.79 Å². The van der Waals surface area contributed by atoms with Gasteiger partial charge in [0.05, 0.1) is 26.2 Å². The van der Waals surface area contributed by atoms with Gasteiger partial charge in [-0.1, -0.05) is 48.0 Å². The average Bonchev–Trinajstić information content (AvgIpc) is 3.89. The fourth-order valence-corrected chi connectivity index (χ4v) is 7.86. The van der Waals surface area contributed by atoms with Crippen molar-refractivity contribution in [2.45, 2.75) is 155 Å². The van der Waals surface area contributed by atoms with E-state index in [2.05, 4.69) is 58.5 Å². The molecule has 80 heavy (non-hydrogen) atoms. The largest absolute Gasteiger partial charge is 0.480 e. The van der Waals surface area contributed by atoms with Gasteiger partial charge >= 0.3 is 5.97 Å². The molecule has 0 unspecified atom stereocenters. The van der Waals surface area contributed by atoms with Gasteiger partial charge < -0.3 is 91.4 Å².